The Bertz CT molecular complexity index is 511. The zero-order valence-corrected chi connectivity index (χ0v) is 12.1. The number of hydrogen-bond acceptors (Lipinski definition) is 3. The predicted molar refractivity (Wildman–Crippen MR) is 77.7 cm³/mol. The van der Waals surface area contributed by atoms with Gasteiger partial charge in [-0.2, -0.15) is 5.10 Å². The quantitative estimate of drug-likeness (QED) is 0.869. The molecule has 4 nitrogen and oxygen atoms in total. The van der Waals surface area contributed by atoms with Crippen LogP contribution >= 0.6 is 0 Å². The second kappa shape index (κ2) is 3.79. The van der Waals surface area contributed by atoms with E-state index in [1.54, 1.807) is 0 Å². The molecule has 5 aliphatic rings. The first-order valence-electron chi connectivity index (χ1n) is 8.23. The summed E-state index contributed by atoms with van der Waals surface area (Å²) in [5, 5.41) is 7.23. The third-order valence-corrected chi connectivity index (χ3v) is 6.47. The Hall–Kier alpha value is -1.03. The highest BCUT2D eigenvalue weighted by Gasteiger charge is 2.51. The number of aromatic nitrogens is 2. The molecule has 2 heterocycles. The summed E-state index contributed by atoms with van der Waals surface area (Å²) in [4.78, 5) is 2.62. The molecular weight excluding hydrogens is 248 g/mol. The lowest BCUT2D eigenvalue weighted by atomic mass is 9.49. The number of hydrogen-bond donors (Lipinski definition) is 2. The van der Waals surface area contributed by atoms with Gasteiger partial charge in [-0.15, -0.1) is 0 Å². The van der Waals surface area contributed by atoms with Crippen LogP contribution in [-0.2, 0) is 13.1 Å². The van der Waals surface area contributed by atoms with Crippen molar-refractivity contribution in [2.24, 2.45) is 23.2 Å². The van der Waals surface area contributed by atoms with Gasteiger partial charge >= 0.3 is 0 Å². The minimum absolute atomic E-state index is 0.639. The van der Waals surface area contributed by atoms with Crippen LogP contribution in [-0.4, -0.2) is 21.6 Å². The van der Waals surface area contributed by atoms with Gasteiger partial charge in [-0.1, -0.05) is 0 Å². The summed E-state index contributed by atoms with van der Waals surface area (Å²) in [7, 11) is 0. The van der Waals surface area contributed by atoms with Gasteiger partial charge < -0.3 is 5.73 Å². The molecule has 0 atom stereocenters. The van der Waals surface area contributed by atoms with Crippen molar-refractivity contribution in [3.8, 4) is 0 Å². The maximum absolute atomic E-state index is 5.95. The minimum atomic E-state index is 0.639. The lowest BCUT2D eigenvalue weighted by Crippen LogP contribution is -2.50. The molecule has 4 saturated carbocycles. The van der Waals surface area contributed by atoms with Crippen LogP contribution in [0.5, 0.6) is 0 Å². The number of aromatic amines is 1. The van der Waals surface area contributed by atoms with Gasteiger partial charge in [0.05, 0.1) is 5.69 Å². The first kappa shape index (κ1) is 11.6. The molecule has 1 aromatic rings. The van der Waals surface area contributed by atoms with Crippen LogP contribution in [0.2, 0.25) is 0 Å². The first-order valence-corrected chi connectivity index (χ1v) is 8.23. The van der Waals surface area contributed by atoms with Crippen LogP contribution in [0.15, 0.2) is 0 Å². The smallest absolute Gasteiger partial charge is 0.150 e. The summed E-state index contributed by atoms with van der Waals surface area (Å²) >= 11 is 0. The summed E-state index contributed by atoms with van der Waals surface area (Å²) in [6.45, 7) is 3.33. The molecule has 1 aliphatic heterocycles. The molecule has 20 heavy (non-hydrogen) atoms. The SMILES string of the molecule is Nc1n[nH]c2c1CN(CC13CC4CC(CC(C4)C1)C3)C2. The van der Waals surface area contributed by atoms with Crippen molar-refractivity contribution in [3.63, 3.8) is 0 Å². The van der Waals surface area contributed by atoms with Crippen molar-refractivity contribution >= 4 is 5.82 Å². The van der Waals surface area contributed by atoms with Crippen LogP contribution in [0.1, 0.15) is 49.8 Å². The number of H-pyrrole nitrogens is 1. The third kappa shape index (κ3) is 1.60. The number of nitrogen functional groups attached to an aromatic ring is 1. The van der Waals surface area contributed by atoms with Gasteiger partial charge in [0.15, 0.2) is 0 Å². The van der Waals surface area contributed by atoms with Crippen LogP contribution in [0.4, 0.5) is 5.82 Å². The van der Waals surface area contributed by atoms with E-state index in [0.29, 0.717) is 11.2 Å². The lowest BCUT2D eigenvalue weighted by molar-refractivity contribution is -0.0699. The van der Waals surface area contributed by atoms with Crippen molar-refractivity contribution in [2.45, 2.75) is 51.6 Å². The van der Waals surface area contributed by atoms with Gasteiger partial charge in [0.25, 0.3) is 0 Å². The fourth-order valence-corrected chi connectivity index (χ4v) is 6.30. The van der Waals surface area contributed by atoms with Crippen molar-refractivity contribution in [1.29, 1.82) is 0 Å². The molecule has 4 heteroatoms. The highest BCUT2D eigenvalue weighted by molar-refractivity contribution is 5.43. The maximum atomic E-state index is 5.95. The van der Waals surface area contributed by atoms with Gasteiger partial charge in [0.2, 0.25) is 0 Å². The molecule has 3 N–H and O–H groups in total. The number of rotatable bonds is 2. The summed E-state index contributed by atoms with van der Waals surface area (Å²) in [5.74, 6) is 3.86. The topological polar surface area (TPSA) is 57.9 Å². The van der Waals surface area contributed by atoms with E-state index in [4.69, 9.17) is 5.73 Å². The van der Waals surface area contributed by atoms with Gasteiger partial charge in [-0.05, 0) is 61.7 Å². The highest BCUT2D eigenvalue weighted by Crippen LogP contribution is 2.60. The summed E-state index contributed by atoms with van der Waals surface area (Å²) in [5.41, 5.74) is 9.10. The van der Waals surface area contributed by atoms with Crippen LogP contribution in [0.3, 0.4) is 0 Å². The molecule has 108 valence electrons. The second-order valence-corrected chi connectivity index (χ2v) is 8.13. The largest absolute Gasteiger partial charge is 0.382 e. The fraction of sp³-hybridized carbons (Fsp3) is 0.812. The first-order chi connectivity index (χ1) is 9.69. The van der Waals surface area contributed by atoms with Crippen molar-refractivity contribution < 1.29 is 0 Å². The summed E-state index contributed by atoms with van der Waals surface area (Å²) < 4.78 is 0. The molecule has 4 fully saturated rings. The van der Waals surface area contributed by atoms with Gasteiger partial charge in [-0.25, -0.2) is 0 Å². The molecule has 6 rings (SSSR count). The van der Waals surface area contributed by atoms with Crippen molar-refractivity contribution in [1.82, 2.24) is 15.1 Å². The number of nitrogens with one attached hydrogen (secondary N) is 1. The molecule has 0 amide bonds. The van der Waals surface area contributed by atoms with E-state index < -0.39 is 0 Å². The molecule has 0 unspecified atom stereocenters. The number of fused-ring (bicyclic) bond motifs is 1. The molecule has 0 spiro atoms. The third-order valence-electron chi connectivity index (χ3n) is 6.47. The molecule has 0 radical (unpaired) electrons. The summed E-state index contributed by atoms with van der Waals surface area (Å²) in [6.07, 6.45) is 9.10. The minimum Gasteiger partial charge on any atom is -0.382 e. The van der Waals surface area contributed by atoms with E-state index in [1.165, 1.54) is 56.3 Å². The Morgan fingerprint density at radius 3 is 2.35 bits per heavy atom. The molecular formula is C16H24N4. The van der Waals surface area contributed by atoms with E-state index >= 15 is 0 Å². The number of nitrogens with two attached hydrogens (primary N) is 1. The van der Waals surface area contributed by atoms with Gasteiger partial charge in [0, 0.05) is 25.2 Å². The van der Waals surface area contributed by atoms with Crippen LogP contribution < -0.4 is 5.73 Å². The second-order valence-electron chi connectivity index (χ2n) is 8.13. The van der Waals surface area contributed by atoms with E-state index in [0.717, 1.165) is 30.8 Å². The average Bonchev–Trinajstić information content (AvgIpc) is 2.89. The van der Waals surface area contributed by atoms with E-state index in [-0.39, 0.29) is 0 Å². The zero-order valence-electron chi connectivity index (χ0n) is 12.1. The predicted octanol–water partition coefficient (Wildman–Crippen LogP) is 2.52. The van der Waals surface area contributed by atoms with Gasteiger partial charge in [-0.3, -0.25) is 10.00 Å². The molecule has 1 aromatic heterocycles. The zero-order chi connectivity index (χ0) is 13.3. The summed E-state index contributed by atoms with van der Waals surface area (Å²) in [6, 6.07) is 0. The molecule has 4 bridgehead atoms. The monoisotopic (exact) mass is 272 g/mol. The maximum Gasteiger partial charge on any atom is 0.150 e. The van der Waals surface area contributed by atoms with Crippen LogP contribution in [0.25, 0.3) is 0 Å². The van der Waals surface area contributed by atoms with E-state index in [1.807, 2.05) is 0 Å². The van der Waals surface area contributed by atoms with Crippen molar-refractivity contribution in [2.75, 3.05) is 12.3 Å². The Labute approximate surface area is 120 Å². The number of nitrogens with zero attached hydrogens (tertiary/aromatic N) is 2. The molecule has 0 aromatic carbocycles. The highest BCUT2D eigenvalue weighted by atomic mass is 15.2. The Morgan fingerprint density at radius 2 is 1.75 bits per heavy atom. The average molecular weight is 272 g/mol. The molecule has 0 saturated heterocycles. The fourth-order valence-electron chi connectivity index (χ4n) is 6.30. The van der Waals surface area contributed by atoms with E-state index in [9.17, 15) is 0 Å². The lowest BCUT2D eigenvalue weighted by Gasteiger charge is -2.57. The molecule has 4 aliphatic carbocycles. The standard InChI is InChI=1S/C16H24N4/c17-15-13-7-20(8-14(13)18-19-15)9-16-4-10-1-11(5-16)3-12(2-10)6-16/h10-12H,1-9H2,(H3,17,18,19). The Morgan fingerprint density at radius 1 is 1.10 bits per heavy atom. The normalized spacial score (nSPS) is 42.3. The number of anilines is 1. The van der Waals surface area contributed by atoms with Gasteiger partial charge in [0.1, 0.15) is 5.82 Å². The van der Waals surface area contributed by atoms with Crippen molar-refractivity contribution in [3.05, 3.63) is 11.3 Å². The Kier molecular flexibility index (Phi) is 2.20. The van der Waals surface area contributed by atoms with E-state index in [2.05, 4.69) is 15.1 Å². The Balaban J connectivity index is 1.35. The van der Waals surface area contributed by atoms with Crippen LogP contribution in [0, 0.1) is 23.2 Å².